The van der Waals surface area contributed by atoms with Crippen molar-refractivity contribution in [2.24, 2.45) is 5.73 Å². The second kappa shape index (κ2) is 17.2. The Morgan fingerprint density at radius 2 is 1.65 bits per heavy atom. The third-order valence-corrected chi connectivity index (χ3v) is 6.82. The first kappa shape index (κ1) is 31.9. The molecule has 7 N–H and O–H groups in total. The number of anilines is 4. The van der Waals surface area contributed by atoms with Crippen LogP contribution in [0, 0.1) is 0 Å². The number of ether oxygens (including phenoxy) is 3. The molecule has 0 atom stereocenters. The fraction of sp³-hybridized carbons (Fsp3) is 0.467. The van der Waals surface area contributed by atoms with Gasteiger partial charge in [0.25, 0.3) is 5.91 Å². The molecule has 0 radical (unpaired) electrons. The number of nitrogens with two attached hydrogens (primary N) is 1. The van der Waals surface area contributed by atoms with Gasteiger partial charge in [-0.25, -0.2) is 0 Å². The minimum absolute atomic E-state index is 0.155. The van der Waals surface area contributed by atoms with Crippen molar-refractivity contribution in [2.75, 3.05) is 62.6 Å². The van der Waals surface area contributed by atoms with Gasteiger partial charge < -0.3 is 46.3 Å². The van der Waals surface area contributed by atoms with Gasteiger partial charge in [0.1, 0.15) is 5.75 Å². The lowest BCUT2D eigenvalue weighted by Gasteiger charge is -2.26. The summed E-state index contributed by atoms with van der Waals surface area (Å²) in [5, 5.41) is 22.6. The van der Waals surface area contributed by atoms with Gasteiger partial charge in [-0.15, -0.1) is 0 Å². The number of amides is 1. The Kier molecular flexibility index (Phi) is 12.7. The number of aliphatic hydroxyl groups excluding tert-OH is 1. The first-order valence-corrected chi connectivity index (χ1v) is 14.6. The smallest absolute Gasteiger partial charge is 0.251 e. The highest BCUT2D eigenvalue weighted by Gasteiger charge is 2.20. The Bertz CT molecular complexity index is 1270. The molecule has 2 aromatic carbocycles. The van der Waals surface area contributed by atoms with E-state index >= 15 is 0 Å². The lowest BCUT2D eigenvalue weighted by atomic mass is 9.93. The number of carbonyl (C=O) groups is 1. The maximum atomic E-state index is 12.7. The fourth-order valence-electron chi connectivity index (χ4n) is 4.51. The molecular weight excluding hydrogens is 552 g/mol. The minimum atomic E-state index is -0.256. The Morgan fingerprint density at radius 3 is 2.40 bits per heavy atom. The van der Waals surface area contributed by atoms with Crippen LogP contribution in [0.3, 0.4) is 0 Å². The van der Waals surface area contributed by atoms with Crippen LogP contribution in [0.5, 0.6) is 5.75 Å². The van der Waals surface area contributed by atoms with Crippen LogP contribution < -0.4 is 31.7 Å². The van der Waals surface area contributed by atoms with Crippen LogP contribution in [-0.4, -0.2) is 84.7 Å². The zero-order valence-electron chi connectivity index (χ0n) is 24.6. The van der Waals surface area contributed by atoms with Crippen LogP contribution in [0.15, 0.2) is 48.5 Å². The van der Waals surface area contributed by atoms with E-state index in [1.165, 1.54) is 0 Å². The molecule has 1 fully saturated rings. The van der Waals surface area contributed by atoms with Gasteiger partial charge in [0.15, 0.2) is 0 Å². The molecule has 1 aliphatic rings. The average Bonchev–Trinajstić information content (AvgIpc) is 3.02. The average molecular weight is 595 g/mol. The van der Waals surface area contributed by atoms with Crippen molar-refractivity contribution in [3.63, 3.8) is 0 Å². The topological polar surface area (TPSA) is 178 Å². The molecule has 43 heavy (non-hydrogen) atoms. The molecule has 0 bridgehead atoms. The van der Waals surface area contributed by atoms with Gasteiger partial charge in [0, 0.05) is 36.9 Å². The number of aromatic nitrogens is 3. The van der Waals surface area contributed by atoms with E-state index < -0.39 is 0 Å². The van der Waals surface area contributed by atoms with Gasteiger partial charge in [-0.1, -0.05) is 18.2 Å². The van der Waals surface area contributed by atoms with Gasteiger partial charge in [-0.2, -0.15) is 15.0 Å². The number of hydrogen-bond acceptors (Lipinski definition) is 12. The van der Waals surface area contributed by atoms with Gasteiger partial charge in [-0.3, -0.25) is 4.79 Å². The molecule has 0 saturated heterocycles. The standard InChI is InChI=1S/C30H42N8O5/c1-41-26-11-5-21(6-12-26)20-33-28-36-29(34-23-7-9-25(39)10-8-23)38-30(37-28)35-24-4-2-3-22(19-24)27(40)32-14-16-43-18-17-42-15-13-31/h2-6,11-12,19,23,25,39H,7-10,13-18,20,31H2,1H3,(H,32,40)(H3,33,34,35,36,37,38). The lowest BCUT2D eigenvalue weighted by Crippen LogP contribution is -2.29. The third-order valence-electron chi connectivity index (χ3n) is 6.82. The number of benzene rings is 2. The number of aliphatic hydroxyl groups is 1. The van der Waals surface area contributed by atoms with Crippen LogP contribution in [0.1, 0.15) is 41.6 Å². The lowest BCUT2D eigenvalue weighted by molar-refractivity contribution is 0.0511. The highest BCUT2D eigenvalue weighted by atomic mass is 16.5. The Hall–Kier alpha value is -4.04. The minimum Gasteiger partial charge on any atom is -0.497 e. The summed E-state index contributed by atoms with van der Waals surface area (Å²) in [4.78, 5) is 26.5. The quantitative estimate of drug-likeness (QED) is 0.126. The molecule has 232 valence electrons. The van der Waals surface area contributed by atoms with E-state index in [-0.39, 0.29) is 18.1 Å². The maximum Gasteiger partial charge on any atom is 0.251 e. The van der Waals surface area contributed by atoms with E-state index in [1.54, 1.807) is 25.3 Å². The second-order valence-corrected chi connectivity index (χ2v) is 10.1. The summed E-state index contributed by atoms with van der Waals surface area (Å²) in [5.41, 5.74) is 7.56. The Labute approximate surface area is 252 Å². The molecule has 0 aliphatic heterocycles. The Balaban J connectivity index is 1.39. The monoisotopic (exact) mass is 594 g/mol. The molecule has 1 saturated carbocycles. The van der Waals surface area contributed by atoms with Crippen molar-refractivity contribution < 1.29 is 24.1 Å². The van der Waals surface area contributed by atoms with Crippen molar-refractivity contribution in [1.29, 1.82) is 0 Å². The predicted octanol–water partition coefficient (Wildman–Crippen LogP) is 2.67. The zero-order valence-corrected chi connectivity index (χ0v) is 24.6. The van der Waals surface area contributed by atoms with Crippen LogP contribution in [0.4, 0.5) is 23.5 Å². The molecule has 0 spiro atoms. The van der Waals surface area contributed by atoms with Crippen molar-refractivity contribution in [3.8, 4) is 5.75 Å². The van der Waals surface area contributed by atoms with E-state index in [1.807, 2.05) is 30.3 Å². The highest BCUT2D eigenvalue weighted by Crippen LogP contribution is 2.23. The first-order chi connectivity index (χ1) is 21.0. The van der Waals surface area contributed by atoms with E-state index in [0.29, 0.717) is 75.2 Å². The molecule has 3 aromatic rings. The summed E-state index contributed by atoms with van der Waals surface area (Å²) in [7, 11) is 1.63. The van der Waals surface area contributed by atoms with Crippen LogP contribution in [0.2, 0.25) is 0 Å². The summed E-state index contributed by atoms with van der Waals surface area (Å²) in [6, 6.07) is 15.0. The number of carbonyl (C=O) groups excluding carboxylic acids is 1. The first-order valence-electron chi connectivity index (χ1n) is 14.6. The van der Waals surface area contributed by atoms with Crippen LogP contribution >= 0.6 is 0 Å². The van der Waals surface area contributed by atoms with Crippen LogP contribution in [-0.2, 0) is 16.0 Å². The number of nitrogens with zero attached hydrogens (tertiary/aromatic N) is 3. The number of nitrogens with one attached hydrogen (secondary N) is 4. The van der Waals surface area contributed by atoms with Crippen molar-refractivity contribution in [1.82, 2.24) is 20.3 Å². The summed E-state index contributed by atoms with van der Waals surface area (Å²) >= 11 is 0. The fourth-order valence-corrected chi connectivity index (χ4v) is 4.51. The van der Waals surface area contributed by atoms with Gasteiger partial charge in [0.05, 0.1) is 39.6 Å². The van der Waals surface area contributed by atoms with Crippen molar-refractivity contribution >= 4 is 29.4 Å². The van der Waals surface area contributed by atoms with Crippen molar-refractivity contribution in [3.05, 3.63) is 59.7 Å². The van der Waals surface area contributed by atoms with Crippen LogP contribution in [0.25, 0.3) is 0 Å². The molecule has 4 rings (SSSR count). The summed E-state index contributed by atoms with van der Waals surface area (Å²) < 4.78 is 16.0. The molecule has 1 amide bonds. The maximum absolute atomic E-state index is 12.7. The Morgan fingerprint density at radius 1 is 0.930 bits per heavy atom. The summed E-state index contributed by atoms with van der Waals surface area (Å²) in [5.74, 6) is 1.72. The van der Waals surface area contributed by atoms with E-state index in [2.05, 4.69) is 36.2 Å². The van der Waals surface area contributed by atoms with Gasteiger partial charge in [-0.05, 0) is 61.6 Å². The molecule has 0 unspecified atom stereocenters. The van der Waals surface area contributed by atoms with E-state index in [0.717, 1.165) is 37.0 Å². The van der Waals surface area contributed by atoms with Gasteiger partial charge in [0.2, 0.25) is 17.8 Å². The third kappa shape index (κ3) is 10.9. The second-order valence-electron chi connectivity index (χ2n) is 10.1. The zero-order chi connectivity index (χ0) is 30.3. The molecule has 1 aliphatic carbocycles. The normalized spacial score (nSPS) is 16.3. The summed E-state index contributed by atoms with van der Waals surface area (Å²) in [6.07, 6.45) is 2.87. The SMILES string of the molecule is COc1ccc(CNc2nc(Nc3cccc(C(=O)NCCOCCOCCN)c3)nc(NC3CCC(O)CC3)n2)cc1. The van der Waals surface area contributed by atoms with E-state index in [9.17, 15) is 9.90 Å². The number of methoxy groups -OCH3 is 1. The van der Waals surface area contributed by atoms with Crippen molar-refractivity contribution in [2.45, 2.75) is 44.4 Å². The molecule has 13 nitrogen and oxygen atoms in total. The van der Waals surface area contributed by atoms with Gasteiger partial charge >= 0.3 is 0 Å². The number of rotatable bonds is 17. The predicted molar refractivity (Wildman–Crippen MR) is 165 cm³/mol. The number of hydrogen-bond donors (Lipinski definition) is 6. The molecule has 1 heterocycles. The summed E-state index contributed by atoms with van der Waals surface area (Å²) in [6.45, 7) is 3.14. The highest BCUT2D eigenvalue weighted by molar-refractivity contribution is 5.95. The largest absolute Gasteiger partial charge is 0.497 e. The van der Waals surface area contributed by atoms with E-state index in [4.69, 9.17) is 19.9 Å². The molecule has 13 heteroatoms. The molecule has 1 aromatic heterocycles. The molecular formula is C30H42N8O5.